The summed E-state index contributed by atoms with van der Waals surface area (Å²) < 4.78 is 0. The first-order valence-electron chi connectivity index (χ1n) is 8.64. The maximum atomic E-state index is 4.75. The third kappa shape index (κ3) is 1.64. The molecule has 0 fully saturated rings. The van der Waals surface area contributed by atoms with Crippen molar-refractivity contribution in [3.63, 3.8) is 0 Å². The van der Waals surface area contributed by atoms with E-state index in [0.717, 1.165) is 32.7 Å². The molecule has 0 amide bonds. The molecule has 3 nitrogen and oxygen atoms in total. The van der Waals surface area contributed by atoms with Crippen molar-refractivity contribution in [2.45, 2.75) is 0 Å². The zero-order valence-electron chi connectivity index (χ0n) is 13.8. The lowest BCUT2D eigenvalue weighted by atomic mass is 9.91. The Morgan fingerprint density at radius 3 is 1.58 bits per heavy atom. The van der Waals surface area contributed by atoms with Gasteiger partial charge in [0.05, 0.1) is 16.6 Å². The standard InChI is InChI=1S/C23H13N3/c1-3-8-16-14(6-1)15-7-2-4-9-17(15)20-19(16)21-18(10-5-11-24-21)22-23(20)26-13-12-25-22/h1-13H. The molecule has 0 aliphatic heterocycles. The number of pyridine rings is 1. The molecule has 0 radical (unpaired) electrons. The summed E-state index contributed by atoms with van der Waals surface area (Å²) in [6, 6.07) is 21.1. The number of benzene rings is 4. The minimum absolute atomic E-state index is 0.906. The Kier molecular flexibility index (Phi) is 2.61. The summed E-state index contributed by atoms with van der Waals surface area (Å²) in [5.74, 6) is 0. The van der Waals surface area contributed by atoms with Crippen LogP contribution in [0.5, 0.6) is 0 Å². The van der Waals surface area contributed by atoms with E-state index in [1.165, 1.54) is 21.5 Å². The Morgan fingerprint density at radius 1 is 0.385 bits per heavy atom. The Balaban J connectivity index is 2.14. The van der Waals surface area contributed by atoms with Crippen molar-refractivity contribution in [3.05, 3.63) is 79.3 Å². The van der Waals surface area contributed by atoms with Crippen molar-refractivity contribution in [1.82, 2.24) is 15.0 Å². The van der Waals surface area contributed by atoms with Gasteiger partial charge in [-0.2, -0.15) is 0 Å². The summed E-state index contributed by atoms with van der Waals surface area (Å²) >= 11 is 0. The van der Waals surface area contributed by atoms with Gasteiger partial charge in [-0.15, -0.1) is 0 Å². The van der Waals surface area contributed by atoms with Crippen molar-refractivity contribution in [2.24, 2.45) is 0 Å². The van der Waals surface area contributed by atoms with E-state index in [4.69, 9.17) is 9.97 Å². The molecule has 6 aromatic rings. The fourth-order valence-electron chi connectivity index (χ4n) is 4.15. The average molecular weight is 331 g/mol. The van der Waals surface area contributed by atoms with Crippen molar-refractivity contribution < 1.29 is 0 Å². The van der Waals surface area contributed by atoms with Crippen molar-refractivity contribution >= 4 is 54.3 Å². The van der Waals surface area contributed by atoms with Gasteiger partial charge in [-0.1, -0.05) is 48.5 Å². The number of rotatable bonds is 0. The molecule has 6 rings (SSSR count). The van der Waals surface area contributed by atoms with Crippen molar-refractivity contribution in [2.75, 3.05) is 0 Å². The first-order chi connectivity index (χ1) is 12.9. The minimum atomic E-state index is 0.906. The van der Waals surface area contributed by atoms with Crippen LogP contribution in [0.2, 0.25) is 0 Å². The smallest absolute Gasteiger partial charge is 0.0987 e. The molecule has 0 spiro atoms. The summed E-state index contributed by atoms with van der Waals surface area (Å²) in [7, 11) is 0. The van der Waals surface area contributed by atoms with Crippen LogP contribution in [-0.2, 0) is 0 Å². The third-order valence-electron chi connectivity index (χ3n) is 5.17. The molecule has 0 aliphatic carbocycles. The normalized spacial score (nSPS) is 11.8. The molecule has 4 aromatic carbocycles. The van der Waals surface area contributed by atoms with E-state index in [-0.39, 0.29) is 0 Å². The summed E-state index contributed by atoms with van der Waals surface area (Å²) in [6.45, 7) is 0. The van der Waals surface area contributed by atoms with E-state index < -0.39 is 0 Å². The molecular formula is C23H13N3. The van der Waals surface area contributed by atoms with E-state index in [0.29, 0.717) is 0 Å². The monoisotopic (exact) mass is 331 g/mol. The van der Waals surface area contributed by atoms with Gasteiger partial charge in [0.25, 0.3) is 0 Å². The highest BCUT2D eigenvalue weighted by atomic mass is 14.8. The van der Waals surface area contributed by atoms with Gasteiger partial charge in [0.1, 0.15) is 0 Å². The van der Waals surface area contributed by atoms with Gasteiger partial charge < -0.3 is 0 Å². The molecule has 0 atom stereocenters. The van der Waals surface area contributed by atoms with E-state index in [9.17, 15) is 0 Å². The minimum Gasteiger partial charge on any atom is -0.256 e. The number of aromatic nitrogens is 3. The third-order valence-corrected chi connectivity index (χ3v) is 5.17. The number of hydrogen-bond donors (Lipinski definition) is 0. The Morgan fingerprint density at radius 2 is 0.885 bits per heavy atom. The molecule has 2 aromatic heterocycles. The Hall–Kier alpha value is -3.59. The van der Waals surface area contributed by atoms with Crippen LogP contribution in [0.4, 0.5) is 0 Å². The average Bonchev–Trinajstić information content (AvgIpc) is 2.73. The number of hydrogen-bond acceptors (Lipinski definition) is 3. The molecule has 0 saturated carbocycles. The second-order valence-corrected chi connectivity index (χ2v) is 6.49. The van der Waals surface area contributed by atoms with Crippen LogP contribution >= 0.6 is 0 Å². The molecule has 0 saturated heterocycles. The van der Waals surface area contributed by atoms with Crippen LogP contribution in [0.3, 0.4) is 0 Å². The highest BCUT2D eigenvalue weighted by Gasteiger charge is 2.17. The van der Waals surface area contributed by atoms with E-state index >= 15 is 0 Å². The van der Waals surface area contributed by atoms with Crippen LogP contribution in [-0.4, -0.2) is 15.0 Å². The van der Waals surface area contributed by atoms with Crippen molar-refractivity contribution in [3.8, 4) is 0 Å². The lowest BCUT2D eigenvalue weighted by Gasteiger charge is -2.14. The molecule has 0 bridgehead atoms. The first-order valence-corrected chi connectivity index (χ1v) is 8.64. The fourth-order valence-corrected chi connectivity index (χ4v) is 4.15. The molecule has 0 unspecified atom stereocenters. The van der Waals surface area contributed by atoms with Crippen molar-refractivity contribution in [1.29, 1.82) is 0 Å². The lowest BCUT2D eigenvalue weighted by molar-refractivity contribution is 1.31. The molecule has 0 aliphatic rings. The van der Waals surface area contributed by atoms with Crippen LogP contribution in [0.25, 0.3) is 54.3 Å². The van der Waals surface area contributed by atoms with Gasteiger partial charge in [0, 0.05) is 34.7 Å². The fraction of sp³-hybridized carbons (Fsp3) is 0. The highest BCUT2D eigenvalue weighted by Crippen LogP contribution is 2.41. The molecule has 0 N–H and O–H groups in total. The summed E-state index contributed by atoms with van der Waals surface area (Å²) in [4.78, 5) is 14.1. The maximum Gasteiger partial charge on any atom is 0.0987 e. The topological polar surface area (TPSA) is 38.7 Å². The van der Waals surface area contributed by atoms with Gasteiger partial charge in [-0.25, -0.2) is 0 Å². The molecule has 3 heteroatoms. The second-order valence-electron chi connectivity index (χ2n) is 6.49. The number of fused-ring (bicyclic) bond motifs is 11. The van der Waals surface area contributed by atoms with Crippen LogP contribution in [0, 0.1) is 0 Å². The van der Waals surface area contributed by atoms with Gasteiger partial charge in [-0.05, 0) is 33.7 Å². The quantitative estimate of drug-likeness (QED) is 0.338. The largest absolute Gasteiger partial charge is 0.256 e. The number of nitrogens with zero attached hydrogens (tertiary/aromatic N) is 3. The summed E-state index contributed by atoms with van der Waals surface area (Å²) in [6.07, 6.45) is 5.38. The van der Waals surface area contributed by atoms with Gasteiger partial charge in [0.15, 0.2) is 0 Å². The maximum absolute atomic E-state index is 4.75. The van der Waals surface area contributed by atoms with Crippen LogP contribution < -0.4 is 0 Å². The molecule has 26 heavy (non-hydrogen) atoms. The predicted octanol–water partition coefficient (Wildman–Crippen LogP) is 5.64. The Labute approximate surface area is 148 Å². The molecule has 120 valence electrons. The van der Waals surface area contributed by atoms with Crippen LogP contribution in [0.1, 0.15) is 0 Å². The molecule has 2 heterocycles. The highest BCUT2D eigenvalue weighted by molar-refractivity contribution is 6.37. The van der Waals surface area contributed by atoms with Gasteiger partial charge >= 0.3 is 0 Å². The first kappa shape index (κ1) is 13.7. The van der Waals surface area contributed by atoms with E-state index in [1.54, 1.807) is 12.4 Å². The van der Waals surface area contributed by atoms with Gasteiger partial charge in [0.2, 0.25) is 0 Å². The Bertz CT molecular complexity index is 1260. The summed E-state index contributed by atoms with van der Waals surface area (Å²) in [5, 5.41) is 8.21. The SMILES string of the molecule is c1ccc2c(c1)c1ccccc1c1c3nccnc3c3cccnc3c21. The zero-order valence-corrected chi connectivity index (χ0v) is 13.8. The lowest BCUT2D eigenvalue weighted by Crippen LogP contribution is -1.92. The van der Waals surface area contributed by atoms with Gasteiger partial charge in [-0.3, -0.25) is 15.0 Å². The zero-order chi connectivity index (χ0) is 17.1. The van der Waals surface area contributed by atoms with Crippen LogP contribution in [0.15, 0.2) is 79.3 Å². The second kappa shape index (κ2) is 4.96. The molecular weight excluding hydrogens is 318 g/mol. The predicted molar refractivity (Wildman–Crippen MR) is 107 cm³/mol. The summed E-state index contributed by atoms with van der Waals surface area (Å²) in [5.41, 5.74) is 2.82. The van der Waals surface area contributed by atoms with E-state index in [1.807, 2.05) is 12.3 Å². The van der Waals surface area contributed by atoms with E-state index in [2.05, 4.69) is 59.6 Å².